The molecule has 0 atom stereocenters. The van der Waals surface area contributed by atoms with Crippen molar-refractivity contribution < 1.29 is 9.18 Å². The molecule has 92 valence electrons. The summed E-state index contributed by atoms with van der Waals surface area (Å²) >= 11 is 1.39. The van der Waals surface area contributed by atoms with Gasteiger partial charge in [0, 0.05) is 22.7 Å². The van der Waals surface area contributed by atoms with Gasteiger partial charge in [-0.05, 0) is 19.1 Å². The summed E-state index contributed by atoms with van der Waals surface area (Å²) in [5.41, 5.74) is 0.378. The minimum absolute atomic E-state index is 0.326. The number of thiazole rings is 1. The number of benzene rings is 1. The third kappa shape index (κ3) is 3.24. The third-order valence-electron chi connectivity index (χ3n) is 2.17. The summed E-state index contributed by atoms with van der Waals surface area (Å²) in [4.78, 5) is 16.6. The van der Waals surface area contributed by atoms with E-state index in [1.165, 1.54) is 29.6 Å². The van der Waals surface area contributed by atoms with Crippen molar-refractivity contribution in [3.63, 3.8) is 0 Å². The van der Waals surface area contributed by atoms with Crippen LogP contribution >= 0.6 is 11.3 Å². The van der Waals surface area contributed by atoms with Crippen LogP contribution in [0.2, 0.25) is 0 Å². The molecule has 1 amide bonds. The summed E-state index contributed by atoms with van der Waals surface area (Å²) < 4.78 is 13.3. The number of carbonyl (C=O) groups excluding carboxylic acids is 1. The van der Waals surface area contributed by atoms with Crippen molar-refractivity contribution in [1.82, 2.24) is 4.98 Å². The lowest BCUT2D eigenvalue weighted by Crippen LogP contribution is -2.07. The standard InChI is InChI=1S/C13H11FN2OS/c1-9-8-15-13(18-9)16-12(17)7-6-10-4-2-3-5-11(10)14/h2-8H,1H3,(H,15,16,17)/b7-6+. The van der Waals surface area contributed by atoms with Crippen LogP contribution in [0, 0.1) is 12.7 Å². The van der Waals surface area contributed by atoms with Crippen molar-refractivity contribution in [2.24, 2.45) is 0 Å². The molecule has 1 heterocycles. The lowest BCUT2D eigenvalue weighted by atomic mass is 10.2. The van der Waals surface area contributed by atoms with E-state index < -0.39 is 0 Å². The second-order valence-corrected chi connectivity index (χ2v) is 4.85. The summed E-state index contributed by atoms with van der Waals surface area (Å²) in [6.07, 6.45) is 4.40. The quantitative estimate of drug-likeness (QED) is 0.863. The Morgan fingerprint density at radius 2 is 2.22 bits per heavy atom. The smallest absolute Gasteiger partial charge is 0.250 e. The van der Waals surface area contributed by atoms with E-state index in [4.69, 9.17) is 0 Å². The van der Waals surface area contributed by atoms with Crippen LogP contribution in [-0.2, 0) is 4.79 Å². The average molecular weight is 262 g/mol. The Balaban J connectivity index is 2.01. The van der Waals surface area contributed by atoms with Crippen molar-refractivity contribution in [3.05, 3.63) is 52.8 Å². The monoisotopic (exact) mass is 262 g/mol. The molecule has 0 spiro atoms. The number of rotatable bonds is 3. The highest BCUT2D eigenvalue weighted by atomic mass is 32.1. The molecule has 0 bridgehead atoms. The number of hydrogen-bond donors (Lipinski definition) is 1. The van der Waals surface area contributed by atoms with Gasteiger partial charge >= 0.3 is 0 Å². The summed E-state index contributed by atoms with van der Waals surface area (Å²) in [6, 6.07) is 6.27. The molecule has 0 unspecified atom stereocenters. The van der Waals surface area contributed by atoms with Crippen LogP contribution in [0.25, 0.3) is 6.08 Å². The van der Waals surface area contributed by atoms with Gasteiger partial charge in [0.1, 0.15) is 5.82 Å². The van der Waals surface area contributed by atoms with Crippen LogP contribution in [0.3, 0.4) is 0 Å². The molecule has 3 nitrogen and oxygen atoms in total. The van der Waals surface area contributed by atoms with Crippen LogP contribution < -0.4 is 5.32 Å². The van der Waals surface area contributed by atoms with E-state index in [9.17, 15) is 9.18 Å². The van der Waals surface area contributed by atoms with Gasteiger partial charge < -0.3 is 0 Å². The minimum Gasteiger partial charge on any atom is -0.298 e. The number of carbonyl (C=O) groups is 1. The van der Waals surface area contributed by atoms with Crippen molar-refractivity contribution in [2.45, 2.75) is 6.92 Å². The van der Waals surface area contributed by atoms with Crippen molar-refractivity contribution in [2.75, 3.05) is 5.32 Å². The predicted molar refractivity (Wildman–Crippen MR) is 70.9 cm³/mol. The Kier molecular flexibility index (Phi) is 3.84. The summed E-state index contributed by atoms with van der Waals surface area (Å²) in [6.45, 7) is 1.91. The van der Waals surface area contributed by atoms with E-state index in [-0.39, 0.29) is 11.7 Å². The first-order valence-corrected chi connectivity index (χ1v) is 6.13. The van der Waals surface area contributed by atoms with E-state index >= 15 is 0 Å². The number of nitrogens with one attached hydrogen (secondary N) is 1. The highest BCUT2D eigenvalue weighted by Crippen LogP contribution is 2.16. The van der Waals surface area contributed by atoms with Crippen molar-refractivity contribution in [1.29, 1.82) is 0 Å². The highest BCUT2D eigenvalue weighted by Gasteiger charge is 2.02. The molecule has 0 aliphatic rings. The Labute approximate surface area is 108 Å². The molecular formula is C13H11FN2OS. The second kappa shape index (κ2) is 5.55. The van der Waals surface area contributed by atoms with Crippen LogP contribution in [0.1, 0.15) is 10.4 Å². The molecule has 2 aromatic rings. The Hall–Kier alpha value is -2.01. The fourth-order valence-electron chi connectivity index (χ4n) is 1.34. The molecule has 1 aromatic heterocycles. The van der Waals surface area contributed by atoms with Gasteiger partial charge in [-0.15, -0.1) is 11.3 Å². The topological polar surface area (TPSA) is 42.0 Å². The first-order valence-electron chi connectivity index (χ1n) is 5.31. The fraction of sp³-hybridized carbons (Fsp3) is 0.0769. The van der Waals surface area contributed by atoms with Gasteiger partial charge in [-0.1, -0.05) is 18.2 Å². The van der Waals surface area contributed by atoms with Gasteiger partial charge in [-0.2, -0.15) is 0 Å². The van der Waals surface area contributed by atoms with E-state index in [1.807, 2.05) is 6.92 Å². The molecule has 5 heteroatoms. The van der Waals surface area contributed by atoms with Crippen LogP contribution in [0.5, 0.6) is 0 Å². The first kappa shape index (κ1) is 12.4. The van der Waals surface area contributed by atoms with Gasteiger partial charge in [0.05, 0.1) is 0 Å². The maximum absolute atomic E-state index is 13.3. The SMILES string of the molecule is Cc1cnc(NC(=O)/C=C/c2ccccc2F)s1. The number of hydrogen-bond acceptors (Lipinski definition) is 3. The zero-order chi connectivity index (χ0) is 13.0. The molecule has 0 saturated carbocycles. The molecule has 0 radical (unpaired) electrons. The number of halogens is 1. The zero-order valence-electron chi connectivity index (χ0n) is 9.68. The molecule has 1 N–H and O–H groups in total. The average Bonchev–Trinajstić information content (AvgIpc) is 2.74. The highest BCUT2D eigenvalue weighted by molar-refractivity contribution is 7.15. The van der Waals surface area contributed by atoms with Gasteiger partial charge in [-0.3, -0.25) is 10.1 Å². The van der Waals surface area contributed by atoms with E-state index in [0.717, 1.165) is 4.88 Å². The summed E-state index contributed by atoms with van der Waals surface area (Å²) in [7, 11) is 0. The first-order chi connectivity index (χ1) is 8.65. The van der Waals surface area contributed by atoms with Crippen LogP contribution in [-0.4, -0.2) is 10.9 Å². The lowest BCUT2D eigenvalue weighted by Gasteiger charge is -1.97. The lowest BCUT2D eigenvalue weighted by molar-refractivity contribution is -0.111. The molecule has 0 saturated heterocycles. The number of aromatic nitrogens is 1. The maximum Gasteiger partial charge on any atom is 0.250 e. The van der Waals surface area contributed by atoms with Gasteiger partial charge in [0.2, 0.25) is 5.91 Å². The Morgan fingerprint density at radius 1 is 1.44 bits per heavy atom. The molecule has 2 rings (SSSR count). The summed E-state index contributed by atoms with van der Waals surface area (Å²) in [5.74, 6) is -0.681. The normalized spacial score (nSPS) is 10.8. The third-order valence-corrected chi connectivity index (χ3v) is 3.00. The predicted octanol–water partition coefficient (Wildman–Crippen LogP) is 3.24. The molecular weight excluding hydrogens is 251 g/mol. The number of nitrogens with zero attached hydrogens (tertiary/aromatic N) is 1. The van der Waals surface area contributed by atoms with E-state index in [0.29, 0.717) is 10.7 Å². The second-order valence-electron chi connectivity index (χ2n) is 3.62. The largest absolute Gasteiger partial charge is 0.298 e. The molecule has 18 heavy (non-hydrogen) atoms. The van der Waals surface area contributed by atoms with Crippen molar-refractivity contribution >= 4 is 28.5 Å². The van der Waals surface area contributed by atoms with Gasteiger partial charge in [0.25, 0.3) is 0 Å². The molecule has 0 fully saturated rings. The van der Waals surface area contributed by atoms with E-state index in [1.54, 1.807) is 24.4 Å². The van der Waals surface area contributed by atoms with Crippen LogP contribution in [0.4, 0.5) is 9.52 Å². The fourth-order valence-corrected chi connectivity index (χ4v) is 2.00. The number of anilines is 1. The minimum atomic E-state index is -0.355. The maximum atomic E-state index is 13.3. The molecule has 0 aliphatic carbocycles. The summed E-state index contributed by atoms with van der Waals surface area (Å²) in [5, 5.41) is 3.15. The Morgan fingerprint density at radius 3 is 2.89 bits per heavy atom. The Bertz CT molecular complexity index is 592. The molecule has 1 aromatic carbocycles. The van der Waals surface area contributed by atoms with E-state index in [2.05, 4.69) is 10.3 Å². The zero-order valence-corrected chi connectivity index (χ0v) is 10.5. The number of aryl methyl sites for hydroxylation is 1. The van der Waals surface area contributed by atoms with Gasteiger partial charge in [-0.25, -0.2) is 9.37 Å². The van der Waals surface area contributed by atoms with Gasteiger partial charge in [0.15, 0.2) is 5.13 Å². The van der Waals surface area contributed by atoms with Crippen molar-refractivity contribution in [3.8, 4) is 0 Å². The van der Waals surface area contributed by atoms with Crippen LogP contribution in [0.15, 0.2) is 36.5 Å². The molecule has 0 aliphatic heterocycles. The number of amides is 1.